The number of benzene rings is 1. The van der Waals surface area contributed by atoms with Crippen LogP contribution in [0.1, 0.15) is 25.8 Å². The van der Waals surface area contributed by atoms with Crippen molar-refractivity contribution in [1.82, 2.24) is 4.90 Å². The second kappa shape index (κ2) is 7.14. The van der Waals surface area contributed by atoms with Crippen LogP contribution in [-0.2, 0) is 4.79 Å². The number of rotatable bonds is 5. The van der Waals surface area contributed by atoms with Gasteiger partial charge in [0.15, 0.2) is 0 Å². The number of carboxylic acids is 1. The van der Waals surface area contributed by atoms with Crippen molar-refractivity contribution in [3.05, 3.63) is 28.8 Å². The fraction of sp³-hybridized carbons (Fsp3) is 0.429. The summed E-state index contributed by atoms with van der Waals surface area (Å²) in [7, 11) is 0. The summed E-state index contributed by atoms with van der Waals surface area (Å²) >= 11 is 5.90. The molecule has 1 rings (SSSR count). The first-order chi connectivity index (χ1) is 9.31. The zero-order chi connectivity index (χ0) is 15.3. The molecule has 0 saturated carbocycles. The third-order valence-corrected chi connectivity index (χ3v) is 3.13. The lowest BCUT2D eigenvalue weighted by atomic mass is 10.2. The van der Waals surface area contributed by atoms with Crippen molar-refractivity contribution in [3.63, 3.8) is 0 Å². The minimum Gasteiger partial charge on any atom is -0.481 e. The molecule has 0 spiro atoms. The number of urea groups is 1. The Labute approximate surface area is 123 Å². The van der Waals surface area contributed by atoms with Crippen molar-refractivity contribution in [2.45, 2.75) is 33.2 Å². The fourth-order valence-corrected chi connectivity index (χ4v) is 1.90. The van der Waals surface area contributed by atoms with Crippen molar-refractivity contribution in [3.8, 4) is 0 Å². The van der Waals surface area contributed by atoms with E-state index in [0.29, 0.717) is 10.7 Å². The first kappa shape index (κ1) is 16.3. The molecule has 0 aliphatic carbocycles. The number of carbonyl (C=O) groups is 2. The maximum Gasteiger partial charge on any atom is 0.322 e. The molecule has 2 amide bonds. The molecule has 0 fully saturated rings. The predicted octanol–water partition coefficient (Wildman–Crippen LogP) is 3.37. The Morgan fingerprint density at radius 1 is 1.40 bits per heavy atom. The SMILES string of the molecule is Cc1ccc(Cl)cc1NC(=O)N(CCC(=O)O)C(C)C. The number of anilines is 1. The van der Waals surface area contributed by atoms with Crippen LogP contribution in [0.5, 0.6) is 0 Å². The average molecular weight is 299 g/mol. The van der Waals surface area contributed by atoms with Crippen LogP contribution in [0.25, 0.3) is 0 Å². The lowest BCUT2D eigenvalue weighted by Gasteiger charge is -2.26. The zero-order valence-electron chi connectivity index (χ0n) is 11.8. The number of aryl methyl sites for hydroxylation is 1. The van der Waals surface area contributed by atoms with Crippen LogP contribution < -0.4 is 5.32 Å². The summed E-state index contributed by atoms with van der Waals surface area (Å²) in [5.74, 6) is -0.928. The number of halogens is 1. The highest BCUT2D eigenvalue weighted by molar-refractivity contribution is 6.31. The Morgan fingerprint density at radius 2 is 2.05 bits per heavy atom. The van der Waals surface area contributed by atoms with Crippen LogP contribution in [0.3, 0.4) is 0 Å². The molecule has 0 aliphatic rings. The molecule has 0 radical (unpaired) electrons. The third kappa shape index (κ3) is 4.74. The topological polar surface area (TPSA) is 69.6 Å². The smallest absolute Gasteiger partial charge is 0.322 e. The number of aliphatic carboxylic acids is 1. The van der Waals surface area contributed by atoms with Gasteiger partial charge in [0.2, 0.25) is 0 Å². The Bertz CT molecular complexity index is 503. The number of nitrogens with one attached hydrogen (secondary N) is 1. The van der Waals surface area contributed by atoms with Crippen LogP contribution in [-0.4, -0.2) is 34.6 Å². The van der Waals surface area contributed by atoms with Crippen LogP contribution in [0, 0.1) is 6.92 Å². The van der Waals surface area contributed by atoms with Crippen molar-refractivity contribution >= 4 is 29.3 Å². The molecular formula is C14H19ClN2O3. The second-order valence-corrected chi connectivity index (χ2v) is 5.26. The largest absolute Gasteiger partial charge is 0.481 e. The maximum absolute atomic E-state index is 12.2. The minimum atomic E-state index is -0.928. The van der Waals surface area contributed by atoms with Gasteiger partial charge < -0.3 is 15.3 Å². The van der Waals surface area contributed by atoms with Crippen LogP contribution in [0.4, 0.5) is 10.5 Å². The summed E-state index contributed by atoms with van der Waals surface area (Å²) in [6, 6.07) is 4.82. The van der Waals surface area contributed by atoms with Gasteiger partial charge >= 0.3 is 12.0 Å². The molecule has 1 aromatic rings. The van der Waals surface area contributed by atoms with Gasteiger partial charge in [-0.1, -0.05) is 17.7 Å². The normalized spacial score (nSPS) is 10.4. The molecule has 0 atom stereocenters. The molecular weight excluding hydrogens is 280 g/mol. The third-order valence-electron chi connectivity index (χ3n) is 2.89. The van der Waals surface area contributed by atoms with Gasteiger partial charge in [0.05, 0.1) is 6.42 Å². The van der Waals surface area contributed by atoms with E-state index in [2.05, 4.69) is 5.32 Å². The molecule has 20 heavy (non-hydrogen) atoms. The molecule has 5 nitrogen and oxygen atoms in total. The van der Waals surface area contributed by atoms with E-state index in [1.807, 2.05) is 26.8 Å². The summed E-state index contributed by atoms with van der Waals surface area (Å²) in [6.45, 7) is 5.71. The molecule has 6 heteroatoms. The van der Waals surface area contributed by atoms with Gasteiger partial charge in [-0.25, -0.2) is 4.79 Å². The highest BCUT2D eigenvalue weighted by Gasteiger charge is 2.18. The van der Waals surface area contributed by atoms with Crippen LogP contribution in [0.2, 0.25) is 5.02 Å². The van der Waals surface area contributed by atoms with Crippen molar-refractivity contribution in [2.75, 3.05) is 11.9 Å². The predicted molar refractivity (Wildman–Crippen MR) is 79.3 cm³/mol. The zero-order valence-corrected chi connectivity index (χ0v) is 12.6. The molecule has 0 aromatic heterocycles. The van der Waals surface area contributed by atoms with E-state index in [1.54, 1.807) is 12.1 Å². The number of amides is 2. The highest BCUT2D eigenvalue weighted by Crippen LogP contribution is 2.20. The summed E-state index contributed by atoms with van der Waals surface area (Å²) < 4.78 is 0. The molecule has 0 bridgehead atoms. The molecule has 0 aliphatic heterocycles. The van der Waals surface area contributed by atoms with E-state index in [1.165, 1.54) is 4.90 Å². The molecule has 0 unspecified atom stereocenters. The van der Waals surface area contributed by atoms with Crippen molar-refractivity contribution in [2.24, 2.45) is 0 Å². The van der Waals surface area contributed by atoms with Crippen LogP contribution in [0.15, 0.2) is 18.2 Å². The number of nitrogens with zero attached hydrogens (tertiary/aromatic N) is 1. The first-order valence-electron chi connectivity index (χ1n) is 6.37. The molecule has 1 aromatic carbocycles. The Kier molecular flexibility index (Phi) is 5.82. The maximum atomic E-state index is 12.2. The van der Waals surface area contributed by atoms with Crippen molar-refractivity contribution in [1.29, 1.82) is 0 Å². The van der Waals surface area contributed by atoms with Gasteiger partial charge in [-0.05, 0) is 38.5 Å². The number of hydrogen-bond donors (Lipinski definition) is 2. The van der Waals surface area contributed by atoms with E-state index < -0.39 is 5.97 Å². The van der Waals surface area contributed by atoms with Crippen LogP contribution >= 0.6 is 11.6 Å². The van der Waals surface area contributed by atoms with Gasteiger partial charge in [-0.15, -0.1) is 0 Å². The standard InChI is InChI=1S/C14H19ClN2O3/c1-9(2)17(7-6-13(18)19)14(20)16-12-8-11(15)5-4-10(12)3/h4-5,8-9H,6-7H2,1-3H3,(H,16,20)(H,18,19). The molecule has 2 N–H and O–H groups in total. The van der Waals surface area contributed by atoms with Gasteiger partial charge in [0.25, 0.3) is 0 Å². The monoisotopic (exact) mass is 298 g/mol. The highest BCUT2D eigenvalue weighted by atomic mass is 35.5. The summed E-state index contributed by atoms with van der Waals surface area (Å²) in [5, 5.41) is 12.0. The lowest BCUT2D eigenvalue weighted by Crippen LogP contribution is -2.41. The van der Waals surface area contributed by atoms with E-state index in [9.17, 15) is 9.59 Å². The second-order valence-electron chi connectivity index (χ2n) is 4.82. The Hall–Kier alpha value is -1.75. The van der Waals surface area contributed by atoms with E-state index in [0.717, 1.165) is 5.56 Å². The quantitative estimate of drug-likeness (QED) is 0.875. The molecule has 110 valence electrons. The Morgan fingerprint density at radius 3 is 2.60 bits per heavy atom. The van der Waals surface area contributed by atoms with Gasteiger partial charge in [-0.2, -0.15) is 0 Å². The molecule has 0 heterocycles. The lowest BCUT2D eigenvalue weighted by molar-refractivity contribution is -0.137. The minimum absolute atomic E-state index is 0.0832. The first-order valence-corrected chi connectivity index (χ1v) is 6.74. The number of hydrogen-bond acceptors (Lipinski definition) is 2. The van der Waals surface area contributed by atoms with E-state index >= 15 is 0 Å². The van der Waals surface area contributed by atoms with E-state index in [4.69, 9.17) is 16.7 Å². The van der Waals surface area contributed by atoms with Gasteiger partial charge in [0.1, 0.15) is 0 Å². The number of carboxylic acid groups (broad SMARTS) is 1. The summed E-state index contributed by atoms with van der Waals surface area (Å²) in [6.07, 6.45) is -0.0832. The van der Waals surface area contributed by atoms with Crippen molar-refractivity contribution < 1.29 is 14.7 Å². The summed E-state index contributed by atoms with van der Waals surface area (Å²) in [4.78, 5) is 24.3. The molecule has 0 saturated heterocycles. The Balaban J connectivity index is 2.80. The summed E-state index contributed by atoms with van der Waals surface area (Å²) in [5.41, 5.74) is 1.52. The fourth-order valence-electron chi connectivity index (χ4n) is 1.73. The van der Waals surface area contributed by atoms with Gasteiger partial charge in [-0.3, -0.25) is 4.79 Å². The van der Waals surface area contributed by atoms with E-state index in [-0.39, 0.29) is 25.0 Å². The average Bonchev–Trinajstić information content (AvgIpc) is 2.33. The number of carbonyl (C=O) groups excluding carboxylic acids is 1. The van der Waals surface area contributed by atoms with Gasteiger partial charge in [0, 0.05) is 23.3 Å².